The average molecular weight is 451 g/mol. The molecule has 5 nitrogen and oxygen atoms in total. The summed E-state index contributed by atoms with van der Waals surface area (Å²) in [6.45, 7) is 1.79. The van der Waals surface area contributed by atoms with Crippen molar-refractivity contribution in [3.8, 4) is 11.4 Å². The molecule has 25 heavy (non-hydrogen) atoms. The molecule has 0 radical (unpaired) electrons. The van der Waals surface area contributed by atoms with Gasteiger partial charge in [0.2, 0.25) is 0 Å². The quantitative estimate of drug-likeness (QED) is 0.438. The summed E-state index contributed by atoms with van der Waals surface area (Å²) in [6, 6.07) is 2.95. The molecule has 0 aliphatic heterocycles. The first-order valence-corrected chi connectivity index (χ1v) is 9.84. The second-order valence-electron chi connectivity index (χ2n) is 4.80. The fraction of sp³-hybridized carbons (Fsp3) is 0.214. The molecule has 0 N–H and O–H groups in total. The molecule has 3 heterocycles. The normalized spacial score (nSPS) is 13.3. The summed E-state index contributed by atoms with van der Waals surface area (Å²) in [4.78, 5) is 12.9. The lowest BCUT2D eigenvalue weighted by atomic mass is 10.3. The molecule has 1 unspecified atom stereocenters. The molecule has 0 aliphatic rings. The first kappa shape index (κ1) is 18.3. The third kappa shape index (κ3) is 4.21. The SMILES string of the molecule is CCS(=O)c1cc(Br)cnc1-c1cn2cnc(SC(F)(F)F)cc2n1. The first-order chi connectivity index (χ1) is 11.8. The fourth-order valence-corrected chi connectivity index (χ4v) is 4.03. The highest BCUT2D eigenvalue weighted by atomic mass is 79.9. The van der Waals surface area contributed by atoms with Crippen LogP contribution >= 0.6 is 27.7 Å². The van der Waals surface area contributed by atoms with E-state index in [0.717, 1.165) is 0 Å². The van der Waals surface area contributed by atoms with E-state index in [9.17, 15) is 17.4 Å². The zero-order valence-electron chi connectivity index (χ0n) is 12.6. The minimum absolute atomic E-state index is 0.196. The van der Waals surface area contributed by atoms with Crippen molar-refractivity contribution in [3.63, 3.8) is 0 Å². The van der Waals surface area contributed by atoms with E-state index in [0.29, 0.717) is 32.2 Å². The summed E-state index contributed by atoms with van der Waals surface area (Å²) < 4.78 is 51.9. The van der Waals surface area contributed by atoms with Gasteiger partial charge < -0.3 is 0 Å². The van der Waals surface area contributed by atoms with Crippen molar-refractivity contribution in [2.24, 2.45) is 0 Å². The fourth-order valence-electron chi connectivity index (χ4n) is 2.10. The minimum Gasteiger partial charge on any atom is -0.290 e. The second-order valence-corrected chi connectivity index (χ2v) is 8.51. The lowest BCUT2D eigenvalue weighted by Gasteiger charge is -2.05. The van der Waals surface area contributed by atoms with Crippen LogP contribution in [0.25, 0.3) is 17.0 Å². The Hall–Kier alpha value is -1.46. The van der Waals surface area contributed by atoms with Gasteiger partial charge in [0.1, 0.15) is 28.4 Å². The van der Waals surface area contributed by atoms with Gasteiger partial charge in [-0.2, -0.15) is 13.2 Å². The van der Waals surface area contributed by atoms with Crippen molar-refractivity contribution < 1.29 is 17.4 Å². The summed E-state index contributed by atoms with van der Waals surface area (Å²) in [7, 11) is -1.26. The zero-order chi connectivity index (χ0) is 18.2. The largest absolute Gasteiger partial charge is 0.447 e. The Morgan fingerprint density at radius 2 is 2.08 bits per heavy atom. The van der Waals surface area contributed by atoms with E-state index in [-0.39, 0.29) is 16.8 Å². The van der Waals surface area contributed by atoms with Gasteiger partial charge in [-0.15, -0.1) is 0 Å². The van der Waals surface area contributed by atoms with E-state index >= 15 is 0 Å². The molecule has 3 aromatic heterocycles. The van der Waals surface area contributed by atoms with E-state index in [1.807, 2.05) is 0 Å². The van der Waals surface area contributed by atoms with Gasteiger partial charge in [-0.3, -0.25) is 13.6 Å². The Bertz CT molecular complexity index is 961. The molecule has 0 bridgehead atoms. The number of rotatable bonds is 4. The molecule has 0 aliphatic carbocycles. The summed E-state index contributed by atoms with van der Waals surface area (Å²) in [5.74, 6) is 0.409. The van der Waals surface area contributed by atoms with E-state index in [2.05, 4.69) is 30.9 Å². The van der Waals surface area contributed by atoms with Crippen LogP contribution in [0.5, 0.6) is 0 Å². The molecular formula is C14H10BrF3N4OS2. The number of imidazole rings is 1. The van der Waals surface area contributed by atoms with Crippen LogP contribution in [-0.2, 0) is 10.8 Å². The number of thioether (sulfide) groups is 1. The highest BCUT2D eigenvalue weighted by molar-refractivity contribution is 9.10. The maximum atomic E-state index is 12.5. The number of hydrogen-bond donors (Lipinski definition) is 0. The molecule has 1 atom stereocenters. The number of alkyl halides is 3. The number of fused-ring (bicyclic) bond motifs is 1. The topological polar surface area (TPSA) is 60.2 Å². The van der Waals surface area contributed by atoms with Crippen LogP contribution in [0.4, 0.5) is 13.2 Å². The highest BCUT2D eigenvalue weighted by Crippen LogP contribution is 2.36. The van der Waals surface area contributed by atoms with Crippen molar-refractivity contribution in [2.45, 2.75) is 22.4 Å². The van der Waals surface area contributed by atoms with Gasteiger partial charge in [0.15, 0.2) is 0 Å². The molecule has 0 saturated carbocycles. The average Bonchev–Trinajstić information content (AvgIpc) is 2.95. The van der Waals surface area contributed by atoms with E-state index < -0.39 is 16.3 Å². The Kier molecular flexibility index (Phi) is 5.16. The van der Waals surface area contributed by atoms with Crippen LogP contribution < -0.4 is 0 Å². The molecule has 0 fully saturated rings. The van der Waals surface area contributed by atoms with Crippen LogP contribution in [-0.4, -0.2) is 34.8 Å². The maximum absolute atomic E-state index is 12.5. The van der Waals surface area contributed by atoms with Gasteiger partial charge in [0, 0.05) is 40.4 Å². The monoisotopic (exact) mass is 450 g/mol. The van der Waals surface area contributed by atoms with Crippen molar-refractivity contribution >= 4 is 44.1 Å². The minimum atomic E-state index is -4.42. The van der Waals surface area contributed by atoms with Gasteiger partial charge >= 0.3 is 5.51 Å². The van der Waals surface area contributed by atoms with Gasteiger partial charge in [-0.25, -0.2) is 9.97 Å². The molecule has 0 aromatic carbocycles. The first-order valence-electron chi connectivity index (χ1n) is 6.91. The van der Waals surface area contributed by atoms with Crippen molar-refractivity contribution in [1.29, 1.82) is 0 Å². The summed E-state index contributed by atoms with van der Waals surface area (Å²) in [5.41, 5.74) is -3.27. The van der Waals surface area contributed by atoms with Gasteiger partial charge in [0.05, 0.1) is 15.7 Å². The summed E-state index contributed by atoms with van der Waals surface area (Å²) in [6.07, 6.45) is 4.41. The number of pyridine rings is 1. The molecule has 11 heteroatoms. The third-order valence-electron chi connectivity index (χ3n) is 3.11. The van der Waals surface area contributed by atoms with Crippen LogP contribution in [0.2, 0.25) is 0 Å². The van der Waals surface area contributed by atoms with Gasteiger partial charge in [0.25, 0.3) is 0 Å². The number of aromatic nitrogens is 4. The van der Waals surface area contributed by atoms with Crippen molar-refractivity contribution in [3.05, 3.63) is 35.3 Å². The van der Waals surface area contributed by atoms with Crippen LogP contribution in [0.15, 0.2) is 45.2 Å². The lowest BCUT2D eigenvalue weighted by molar-refractivity contribution is -0.0329. The van der Waals surface area contributed by atoms with Crippen molar-refractivity contribution in [2.75, 3.05) is 5.75 Å². The summed E-state index contributed by atoms with van der Waals surface area (Å²) >= 11 is 3.00. The molecule has 0 spiro atoms. The third-order valence-corrected chi connectivity index (χ3v) is 5.54. The second kappa shape index (κ2) is 7.04. The van der Waals surface area contributed by atoms with Gasteiger partial charge in [-0.1, -0.05) is 6.92 Å². The van der Waals surface area contributed by atoms with E-state index in [1.165, 1.54) is 16.8 Å². The Morgan fingerprint density at radius 3 is 2.76 bits per heavy atom. The van der Waals surface area contributed by atoms with Crippen molar-refractivity contribution in [1.82, 2.24) is 19.4 Å². The van der Waals surface area contributed by atoms with Crippen LogP contribution in [0.1, 0.15) is 6.92 Å². The molecule has 0 amide bonds. The van der Waals surface area contributed by atoms with Crippen LogP contribution in [0.3, 0.4) is 0 Å². The van der Waals surface area contributed by atoms with Gasteiger partial charge in [-0.05, 0) is 22.0 Å². The number of halogens is 4. The Morgan fingerprint density at radius 1 is 1.32 bits per heavy atom. The predicted molar refractivity (Wildman–Crippen MR) is 92.8 cm³/mol. The maximum Gasteiger partial charge on any atom is 0.447 e. The molecule has 0 saturated heterocycles. The smallest absolute Gasteiger partial charge is 0.290 e. The number of hydrogen-bond acceptors (Lipinski definition) is 5. The standard InChI is InChI=1S/C14H10BrF3N4OS2/c1-2-25(23)10-3-8(15)5-19-13(10)9-6-22-7-20-12(4-11(22)21-9)24-14(16,17)18/h3-7H,2H2,1H3. The van der Waals surface area contributed by atoms with Crippen LogP contribution in [0, 0.1) is 0 Å². The predicted octanol–water partition coefficient (Wildman–Crippen LogP) is 4.29. The lowest BCUT2D eigenvalue weighted by Crippen LogP contribution is -2.00. The molecular weight excluding hydrogens is 441 g/mol. The molecule has 3 rings (SSSR count). The molecule has 132 valence electrons. The molecule has 3 aromatic rings. The van der Waals surface area contributed by atoms with E-state index in [1.54, 1.807) is 25.4 Å². The Labute approximate surface area is 155 Å². The number of nitrogens with zero attached hydrogens (tertiary/aromatic N) is 4. The summed E-state index contributed by atoms with van der Waals surface area (Å²) in [5, 5.41) is -0.196. The Balaban J connectivity index is 2.07. The highest BCUT2D eigenvalue weighted by Gasteiger charge is 2.30. The zero-order valence-corrected chi connectivity index (χ0v) is 15.8. The van der Waals surface area contributed by atoms with E-state index in [4.69, 9.17) is 0 Å².